The monoisotopic (exact) mass is 475 g/mol. The molecule has 0 saturated carbocycles. The molecule has 7 heteroatoms. The van der Waals surface area contributed by atoms with E-state index >= 15 is 0 Å². The van der Waals surface area contributed by atoms with Crippen LogP contribution in [-0.4, -0.2) is 35.6 Å². The highest BCUT2D eigenvalue weighted by Crippen LogP contribution is 2.40. The van der Waals surface area contributed by atoms with Gasteiger partial charge in [0, 0.05) is 40.8 Å². The maximum atomic E-state index is 12.6. The van der Waals surface area contributed by atoms with E-state index in [1.54, 1.807) is 24.3 Å². The first-order chi connectivity index (χ1) is 16.1. The standard InChI is InChI=1S/C27H25NO5S/c1-4-19-11-12-20-18-21(26(29)33-24(20)17-19)13-14-25-27(2,3)22-9-5-6-10-23(22)28(25)15-7-8-16-34(30,31)32/h1,5-6,9-14,17-18H,7-8,15-16H2,2-3H3. The fraction of sp³-hybridized carbons (Fsp3) is 0.259. The molecule has 0 radical (unpaired) electrons. The summed E-state index contributed by atoms with van der Waals surface area (Å²) < 4.78 is 40.6. The number of rotatable bonds is 7. The summed E-state index contributed by atoms with van der Waals surface area (Å²) in [6.45, 7) is 4.77. The fourth-order valence-corrected chi connectivity index (χ4v) is 4.99. The van der Waals surface area contributed by atoms with Crippen LogP contribution in [0, 0.1) is 12.3 Å². The third kappa shape index (κ3) is 4.74. The van der Waals surface area contributed by atoms with Crippen molar-refractivity contribution >= 4 is 38.6 Å². The van der Waals surface area contributed by atoms with Gasteiger partial charge in [-0.2, -0.15) is 4.58 Å². The fourth-order valence-electron chi connectivity index (χ4n) is 4.43. The van der Waals surface area contributed by atoms with Crippen molar-refractivity contribution in [1.82, 2.24) is 0 Å². The molecule has 0 bridgehead atoms. The Balaban J connectivity index is 1.71. The number of nitrogens with zero attached hydrogens (tertiary/aromatic N) is 1. The average molecular weight is 476 g/mol. The van der Waals surface area contributed by atoms with Gasteiger partial charge in [-0.15, -0.1) is 6.42 Å². The lowest BCUT2D eigenvalue weighted by Gasteiger charge is -2.15. The van der Waals surface area contributed by atoms with Gasteiger partial charge in [0.25, 0.3) is 0 Å². The number of hydrogen-bond acceptors (Lipinski definition) is 5. The molecular formula is C27H25NO5S. The normalized spacial score (nSPS) is 15.1. The van der Waals surface area contributed by atoms with Gasteiger partial charge in [-0.25, -0.2) is 13.2 Å². The van der Waals surface area contributed by atoms with E-state index in [0.717, 1.165) is 22.3 Å². The van der Waals surface area contributed by atoms with Crippen LogP contribution in [0.5, 0.6) is 0 Å². The molecule has 34 heavy (non-hydrogen) atoms. The summed E-state index contributed by atoms with van der Waals surface area (Å²) in [6, 6.07) is 15.1. The molecule has 0 saturated heterocycles. The average Bonchev–Trinajstić information content (AvgIpc) is 3.00. The third-order valence-electron chi connectivity index (χ3n) is 6.18. The topological polar surface area (TPSA) is 90.4 Å². The highest BCUT2D eigenvalue weighted by Gasteiger charge is 2.43. The van der Waals surface area contributed by atoms with Crippen LogP contribution in [0.1, 0.15) is 43.4 Å². The van der Waals surface area contributed by atoms with Gasteiger partial charge in [0.05, 0.1) is 21.1 Å². The number of benzene rings is 2. The smallest absolute Gasteiger partial charge is 0.343 e. The largest absolute Gasteiger partial charge is 0.748 e. The Labute approximate surface area is 199 Å². The van der Waals surface area contributed by atoms with Crippen molar-refractivity contribution in [2.75, 3.05) is 12.3 Å². The van der Waals surface area contributed by atoms with E-state index in [-0.39, 0.29) is 17.6 Å². The second-order valence-electron chi connectivity index (χ2n) is 8.87. The lowest BCUT2D eigenvalue weighted by Crippen LogP contribution is -2.28. The Bertz CT molecular complexity index is 1540. The first kappa shape index (κ1) is 23.7. The zero-order valence-electron chi connectivity index (χ0n) is 19.1. The second-order valence-corrected chi connectivity index (χ2v) is 10.4. The van der Waals surface area contributed by atoms with E-state index < -0.39 is 15.7 Å². The van der Waals surface area contributed by atoms with E-state index in [9.17, 15) is 17.8 Å². The molecule has 4 rings (SSSR count). The quantitative estimate of drug-likeness (QED) is 0.168. The lowest BCUT2D eigenvalue weighted by molar-refractivity contribution is -0.438. The highest BCUT2D eigenvalue weighted by molar-refractivity contribution is 7.85. The van der Waals surface area contributed by atoms with Crippen LogP contribution in [0.4, 0.5) is 5.69 Å². The number of fused-ring (bicyclic) bond motifs is 2. The van der Waals surface area contributed by atoms with E-state index in [1.807, 2.05) is 30.3 Å². The van der Waals surface area contributed by atoms with Crippen molar-refractivity contribution in [3.05, 3.63) is 81.7 Å². The second kappa shape index (κ2) is 9.05. The molecule has 0 N–H and O–H groups in total. The highest BCUT2D eigenvalue weighted by atomic mass is 32.2. The van der Waals surface area contributed by atoms with Crippen molar-refractivity contribution in [3.63, 3.8) is 0 Å². The first-order valence-electron chi connectivity index (χ1n) is 11.0. The first-order valence-corrected chi connectivity index (χ1v) is 12.6. The summed E-state index contributed by atoms with van der Waals surface area (Å²) in [5, 5.41) is 0.771. The lowest BCUT2D eigenvalue weighted by atomic mass is 9.81. The van der Waals surface area contributed by atoms with Gasteiger partial charge in [0.2, 0.25) is 5.69 Å². The molecule has 0 spiro atoms. The van der Waals surface area contributed by atoms with Crippen LogP contribution in [0.25, 0.3) is 17.0 Å². The minimum Gasteiger partial charge on any atom is -0.748 e. The molecule has 2 aromatic carbocycles. The Kier molecular flexibility index (Phi) is 6.30. The number of terminal acetylenes is 1. The van der Waals surface area contributed by atoms with Crippen LogP contribution in [0.3, 0.4) is 0 Å². The van der Waals surface area contributed by atoms with E-state index in [4.69, 9.17) is 10.8 Å². The van der Waals surface area contributed by atoms with Gasteiger partial charge >= 0.3 is 5.63 Å². The van der Waals surface area contributed by atoms with E-state index in [2.05, 4.69) is 30.4 Å². The summed E-state index contributed by atoms with van der Waals surface area (Å²) >= 11 is 0. The molecule has 0 aliphatic carbocycles. The molecule has 1 aliphatic rings. The summed E-state index contributed by atoms with van der Waals surface area (Å²) in [5.74, 6) is 2.15. The summed E-state index contributed by atoms with van der Waals surface area (Å²) in [6.07, 6.45) is 9.92. The van der Waals surface area contributed by atoms with Gasteiger partial charge in [0.15, 0.2) is 5.71 Å². The van der Waals surface area contributed by atoms with Crippen LogP contribution >= 0.6 is 0 Å². The predicted octanol–water partition coefficient (Wildman–Crippen LogP) is 4.19. The van der Waals surface area contributed by atoms with Gasteiger partial charge < -0.3 is 8.97 Å². The molecule has 174 valence electrons. The Morgan fingerprint density at radius 2 is 1.88 bits per heavy atom. The summed E-state index contributed by atoms with van der Waals surface area (Å²) in [4.78, 5) is 12.6. The molecular weight excluding hydrogens is 450 g/mol. The van der Waals surface area contributed by atoms with Gasteiger partial charge in [-0.05, 0) is 50.6 Å². The van der Waals surface area contributed by atoms with E-state index in [0.29, 0.717) is 29.7 Å². The Morgan fingerprint density at radius 1 is 1.12 bits per heavy atom. The van der Waals surface area contributed by atoms with Crippen molar-refractivity contribution < 1.29 is 22.0 Å². The van der Waals surface area contributed by atoms with Crippen LogP contribution < -0.4 is 5.63 Å². The Morgan fingerprint density at radius 3 is 2.62 bits per heavy atom. The van der Waals surface area contributed by atoms with E-state index in [1.165, 1.54) is 0 Å². The molecule has 3 aromatic rings. The molecule has 0 atom stereocenters. The third-order valence-corrected chi connectivity index (χ3v) is 6.96. The number of para-hydroxylation sites is 1. The number of allylic oxidation sites excluding steroid dienone is 1. The zero-order chi connectivity index (χ0) is 24.5. The molecule has 1 aliphatic heterocycles. The Hall–Kier alpha value is -3.47. The summed E-state index contributed by atoms with van der Waals surface area (Å²) in [5.41, 5.74) is 3.84. The predicted molar refractivity (Wildman–Crippen MR) is 133 cm³/mol. The number of hydrogen-bond donors (Lipinski definition) is 0. The molecule has 0 unspecified atom stereocenters. The molecule has 0 fully saturated rings. The molecule has 1 aromatic heterocycles. The maximum Gasteiger partial charge on any atom is 0.343 e. The van der Waals surface area contributed by atoms with Crippen LogP contribution in [0.15, 0.2) is 63.8 Å². The van der Waals surface area contributed by atoms with Gasteiger partial charge in [-0.1, -0.05) is 24.1 Å². The van der Waals surface area contributed by atoms with Gasteiger partial charge in [0.1, 0.15) is 12.1 Å². The van der Waals surface area contributed by atoms with Crippen molar-refractivity contribution in [2.24, 2.45) is 0 Å². The molecule has 6 nitrogen and oxygen atoms in total. The van der Waals surface area contributed by atoms with Gasteiger partial charge in [-0.3, -0.25) is 0 Å². The van der Waals surface area contributed by atoms with Crippen molar-refractivity contribution in [2.45, 2.75) is 32.1 Å². The van der Waals surface area contributed by atoms with Crippen molar-refractivity contribution in [3.8, 4) is 12.3 Å². The SMILES string of the molecule is C#Cc1ccc2cc(C=CC3=[N+](CCCCS(=O)(=O)[O-])c4ccccc4C3(C)C)c(=O)oc2c1. The zero-order valence-corrected chi connectivity index (χ0v) is 19.9. The summed E-state index contributed by atoms with van der Waals surface area (Å²) in [7, 11) is -4.24. The molecule has 2 heterocycles. The molecule has 0 amide bonds. The van der Waals surface area contributed by atoms with Crippen LogP contribution in [0.2, 0.25) is 0 Å². The minimum atomic E-state index is -4.24. The van der Waals surface area contributed by atoms with Crippen molar-refractivity contribution in [1.29, 1.82) is 0 Å². The maximum absolute atomic E-state index is 12.6. The minimum absolute atomic E-state index is 0.288. The van der Waals surface area contributed by atoms with Crippen LogP contribution in [-0.2, 0) is 15.5 Å². The number of unbranched alkanes of at least 4 members (excludes halogenated alkanes) is 1.